The van der Waals surface area contributed by atoms with Crippen LogP contribution in [-0.4, -0.2) is 30.4 Å². The summed E-state index contributed by atoms with van der Waals surface area (Å²) in [6, 6.07) is 5.28. The van der Waals surface area contributed by atoms with Crippen LogP contribution in [-0.2, 0) is 17.5 Å². The van der Waals surface area contributed by atoms with Gasteiger partial charge in [0.2, 0.25) is 5.91 Å². The number of benzene rings is 1. The predicted molar refractivity (Wildman–Crippen MR) is 82.8 cm³/mol. The average Bonchev–Trinajstić information content (AvgIpc) is 2.54. The fraction of sp³-hybridized carbons (Fsp3) is 0.588. The van der Waals surface area contributed by atoms with Crippen molar-refractivity contribution >= 4 is 5.91 Å². The number of hydrogen-bond acceptors (Lipinski definition) is 2. The Bertz CT molecular complexity index is 500. The van der Waals surface area contributed by atoms with E-state index in [1.165, 1.54) is 12.1 Å². The molecule has 128 valence electrons. The lowest BCUT2D eigenvalue weighted by Gasteiger charge is -2.22. The molecule has 1 heterocycles. The van der Waals surface area contributed by atoms with Gasteiger partial charge in [-0.15, -0.1) is 0 Å². The first-order valence-corrected chi connectivity index (χ1v) is 8.10. The molecule has 1 aromatic rings. The quantitative estimate of drug-likeness (QED) is 0.900. The average molecular weight is 328 g/mol. The lowest BCUT2D eigenvalue weighted by Crippen LogP contribution is -2.31. The van der Waals surface area contributed by atoms with Gasteiger partial charge in [-0.1, -0.05) is 25.0 Å². The van der Waals surface area contributed by atoms with Gasteiger partial charge in [-0.2, -0.15) is 13.2 Å². The van der Waals surface area contributed by atoms with Crippen LogP contribution in [0.3, 0.4) is 0 Å². The van der Waals surface area contributed by atoms with Crippen LogP contribution >= 0.6 is 0 Å². The Labute approximate surface area is 134 Å². The zero-order valence-electron chi connectivity index (χ0n) is 13.2. The van der Waals surface area contributed by atoms with Gasteiger partial charge >= 0.3 is 6.18 Å². The Hall–Kier alpha value is -1.56. The Morgan fingerprint density at radius 3 is 2.39 bits per heavy atom. The summed E-state index contributed by atoms with van der Waals surface area (Å²) in [5, 5.41) is 2.90. The molecule has 0 atom stereocenters. The van der Waals surface area contributed by atoms with E-state index in [9.17, 15) is 18.0 Å². The van der Waals surface area contributed by atoms with Crippen LogP contribution in [0.25, 0.3) is 0 Å². The molecule has 1 aliphatic heterocycles. The summed E-state index contributed by atoms with van der Waals surface area (Å²) in [7, 11) is 0. The van der Waals surface area contributed by atoms with Crippen molar-refractivity contribution in [2.24, 2.45) is 0 Å². The maximum Gasteiger partial charge on any atom is 0.416 e. The SMILES string of the molecule is O=C1CCN(Cc2ccc(C(F)(F)F)cc2)CCCCCCN1. The minimum atomic E-state index is -4.30. The predicted octanol–water partition coefficient (Wildman–Crippen LogP) is 3.59. The molecular formula is C17H23F3N2O. The molecule has 2 rings (SSSR count). The van der Waals surface area contributed by atoms with Crippen molar-refractivity contribution in [1.29, 1.82) is 0 Å². The first-order chi connectivity index (χ1) is 10.9. The summed E-state index contributed by atoms with van der Waals surface area (Å²) in [5.41, 5.74) is 0.214. The van der Waals surface area contributed by atoms with E-state index in [2.05, 4.69) is 10.2 Å². The number of carbonyl (C=O) groups excluding carboxylic acids is 1. The molecular weight excluding hydrogens is 305 g/mol. The van der Waals surface area contributed by atoms with E-state index in [0.717, 1.165) is 56.5 Å². The Kier molecular flexibility index (Phi) is 6.45. The molecule has 0 aliphatic carbocycles. The van der Waals surface area contributed by atoms with E-state index in [-0.39, 0.29) is 5.91 Å². The standard InChI is InChI=1S/C17H23F3N2O/c18-17(19,20)15-7-5-14(6-8-15)13-22-11-4-2-1-3-10-21-16(23)9-12-22/h5-8H,1-4,9-13H2,(H,21,23). The number of carbonyl (C=O) groups is 1. The summed E-state index contributed by atoms with van der Waals surface area (Å²) in [6.07, 6.45) is 0.388. The Balaban J connectivity index is 1.96. The van der Waals surface area contributed by atoms with Crippen molar-refractivity contribution in [1.82, 2.24) is 10.2 Å². The van der Waals surface area contributed by atoms with Crippen LogP contribution in [0, 0.1) is 0 Å². The second kappa shape index (κ2) is 8.34. The van der Waals surface area contributed by atoms with Gasteiger partial charge in [0, 0.05) is 26.1 Å². The van der Waals surface area contributed by atoms with Crippen molar-refractivity contribution in [3.05, 3.63) is 35.4 Å². The van der Waals surface area contributed by atoms with Crippen molar-refractivity contribution < 1.29 is 18.0 Å². The van der Waals surface area contributed by atoms with Crippen LogP contribution in [0.1, 0.15) is 43.2 Å². The monoisotopic (exact) mass is 328 g/mol. The molecule has 1 aromatic carbocycles. The molecule has 1 fully saturated rings. The smallest absolute Gasteiger partial charge is 0.356 e. The maximum atomic E-state index is 12.6. The third-order valence-electron chi connectivity index (χ3n) is 4.07. The van der Waals surface area contributed by atoms with Gasteiger partial charge in [0.05, 0.1) is 5.56 Å². The van der Waals surface area contributed by atoms with Crippen molar-refractivity contribution in [3.63, 3.8) is 0 Å². The first-order valence-electron chi connectivity index (χ1n) is 8.10. The Morgan fingerprint density at radius 2 is 1.70 bits per heavy atom. The van der Waals surface area contributed by atoms with E-state index in [1.807, 2.05) is 0 Å². The minimum Gasteiger partial charge on any atom is -0.356 e. The molecule has 0 unspecified atom stereocenters. The molecule has 1 saturated heterocycles. The summed E-state index contributed by atoms with van der Waals surface area (Å²) in [6.45, 7) is 2.81. The maximum absolute atomic E-state index is 12.6. The van der Waals surface area contributed by atoms with Crippen molar-refractivity contribution in [2.45, 2.75) is 44.8 Å². The van der Waals surface area contributed by atoms with Crippen LogP contribution in [0.4, 0.5) is 13.2 Å². The highest BCUT2D eigenvalue weighted by molar-refractivity contribution is 5.76. The zero-order chi connectivity index (χ0) is 16.7. The lowest BCUT2D eigenvalue weighted by molar-refractivity contribution is -0.137. The number of alkyl halides is 3. The van der Waals surface area contributed by atoms with E-state index in [1.54, 1.807) is 0 Å². The van der Waals surface area contributed by atoms with Crippen molar-refractivity contribution in [3.8, 4) is 0 Å². The van der Waals surface area contributed by atoms with Crippen LogP contribution in [0.5, 0.6) is 0 Å². The third kappa shape index (κ3) is 6.22. The fourth-order valence-electron chi connectivity index (χ4n) is 2.72. The normalized spacial score (nSPS) is 19.0. The molecule has 23 heavy (non-hydrogen) atoms. The minimum absolute atomic E-state index is 0.0457. The summed E-state index contributed by atoms with van der Waals surface area (Å²) < 4.78 is 37.8. The number of nitrogens with zero attached hydrogens (tertiary/aromatic N) is 1. The highest BCUT2D eigenvalue weighted by atomic mass is 19.4. The topological polar surface area (TPSA) is 32.3 Å². The highest BCUT2D eigenvalue weighted by Gasteiger charge is 2.29. The summed E-state index contributed by atoms with van der Waals surface area (Å²) >= 11 is 0. The lowest BCUT2D eigenvalue weighted by atomic mass is 10.1. The largest absolute Gasteiger partial charge is 0.416 e. The zero-order valence-corrected chi connectivity index (χ0v) is 13.2. The second-order valence-corrected chi connectivity index (χ2v) is 5.98. The van der Waals surface area contributed by atoms with E-state index >= 15 is 0 Å². The van der Waals surface area contributed by atoms with Crippen LogP contribution < -0.4 is 5.32 Å². The number of halogens is 3. The molecule has 1 aliphatic rings. The van der Waals surface area contributed by atoms with Crippen LogP contribution in [0.15, 0.2) is 24.3 Å². The van der Waals surface area contributed by atoms with Gasteiger partial charge in [0.15, 0.2) is 0 Å². The number of rotatable bonds is 2. The van der Waals surface area contributed by atoms with Gasteiger partial charge in [0.25, 0.3) is 0 Å². The molecule has 0 saturated carbocycles. The Morgan fingerprint density at radius 1 is 1.00 bits per heavy atom. The molecule has 6 heteroatoms. The highest BCUT2D eigenvalue weighted by Crippen LogP contribution is 2.29. The summed E-state index contributed by atoms with van der Waals surface area (Å²) in [5.74, 6) is 0.0457. The van der Waals surface area contributed by atoms with Crippen molar-refractivity contribution in [2.75, 3.05) is 19.6 Å². The first kappa shape index (κ1) is 17.8. The van der Waals surface area contributed by atoms with Gasteiger partial charge in [0.1, 0.15) is 0 Å². The molecule has 0 spiro atoms. The number of hydrogen-bond donors (Lipinski definition) is 1. The summed E-state index contributed by atoms with van der Waals surface area (Å²) in [4.78, 5) is 13.8. The molecule has 0 bridgehead atoms. The molecule has 3 nitrogen and oxygen atoms in total. The van der Waals surface area contributed by atoms with E-state index < -0.39 is 11.7 Å². The number of amides is 1. The number of nitrogens with one attached hydrogen (secondary N) is 1. The molecule has 0 aromatic heterocycles. The third-order valence-corrected chi connectivity index (χ3v) is 4.07. The van der Waals surface area contributed by atoms with Gasteiger partial charge in [-0.05, 0) is 37.1 Å². The fourth-order valence-corrected chi connectivity index (χ4v) is 2.72. The van der Waals surface area contributed by atoms with Gasteiger partial charge < -0.3 is 5.32 Å². The van der Waals surface area contributed by atoms with E-state index in [0.29, 0.717) is 19.5 Å². The van der Waals surface area contributed by atoms with Gasteiger partial charge in [-0.25, -0.2) is 0 Å². The molecule has 1 amide bonds. The van der Waals surface area contributed by atoms with Gasteiger partial charge in [-0.3, -0.25) is 9.69 Å². The molecule has 0 radical (unpaired) electrons. The molecule has 1 N–H and O–H groups in total. The van der Waals surface area contributed by atoms with Crippen LogP contribution in [0.2, 0.25) is 0 Å². The van der Waals surface area contributed by atoms with E-state index in [4.69, 9.17) is 0 Å². The second-order valence-electron chi connectivity index (χ2n) is 5.98.